The van der Waals surface area contributed by atoms with Gasteiger partial charge in [-0.05, 0) is 52.4 Å². The number of hydrogen-bond donors (Lipinski definition) is 0. The first kappa shape index (κ1) is 23.1. The zero-order valence-electron chi connectivity index (χ0n) is 17.4. The third-order valence-electron chi connectivity index (χ3n) is 5.24. The summed E-state index contributed by atoms with van der Waals surface area (Å²) in [5, 5.41) is 0. The van der Waals surface area contributed by atoms with Crippen LogP contribution in [-0.4, -0.2) is 25.7 Å². The molecule has 0 radical (unpaired) electrons. The first-order valence-electron chi connectivity index (χ1n) is 9.81. The molecular weight excluding hydrogens is 421 g/mol. The highest BCUT2D eigenvalue weighted by molar-refractivity contribution is 5.89. The highest BCUT2D eigenvalue weighted by atomic mass is 19.4. The number of hydrogen-bond acceptors (Lipinski definition) is 4. The van der Waals surface area contributed by atoms with Gasteiger partial charge in [0.2, 0.25) is 0 Å². The Morgan fingerprint density at radius 1 is 0.906 bits per heavy atom. The lowest BCUT2D eigenvalue weighted by molar-refractivity contribution is -0.274. The van der Waals surface area contributed by atoms with Crippen molar-refractivity contribution in [2.75, 3.05) is 7.11 Å². The van der Waals surface area contributed by atoms with Crippen LogP contribution in [0.4, 0.5) is 13.2 Å². The molecule has 0 spiro atoms. The van der Waals surface area contributed by atoms with Crippen molar-refractivity contribution in [2.45, 2.75) is 25.1 Å². The summed E-state index contributed by atoms with van der Waals surface area (Å²) in [5.41, 5.74) is 3.54. The molecule has 0 heterocycles. The second-order valence-electron chi connectivity index (χ2n) is 7.26. The zero-order valence-corrected chi connectivity index (χ0v) is 17.4. The van der Waals surface area contributed by atoms with Gasteiger partial charge in [0, 0.05) is 5.92 Å². The van der Waals surface area contributed by atoms with E-state index in [2.05, 4.69) is 4.74 Å². The van der Waals surface area contributed by atoms with Crippen LogP contribution in [0.3, 0.4) is 0 Å². The van der Waals surface area contributed by atoms with E-state index >= 15 is 0 Å². The number of benzene rings is 3. The number of rotatable bonds is 7. The van der Waals surface area contributed by atoms with Gasteiger partial charge in [-0.3, -0.25) is 0 Å². The molecule has 7 heteroatoms. The van der Waals surface area contributed by atoms with Crippen molar-refractivity contribution in [3.8, 4) is 16.9 Å². The van der Waals surface area contributed by atoms with Crippen molar-refractivity contribution in [3.63, 3.8) is 0 Å². The second-order valence-corrected chi connectivity index (χ2v) is 7.26. The van der Waals surface area contributed by atoms with E-state index in [9.17, 15) is 22.8 Å². The van der Waals surface area contributed by atoms with E-state index < -0.39 is 18.2 Å². The molecule has 3 aromatic carbocycles. The smallest absolute Gasteiger partial charge is 0.465 e. The molecule has 0 fully saturated rings. The van der Waals surface area contributed by atoms with Crippen LogP contribution in [0.15, 0.2) is 72.8 Å². The molecule has 2 atom stereocenters. The van der Waals surface area contributed by atoms with Crippen molar-refractivity contribution in [3.05, 3.63) is 89.5 Å². The zero-order chi connectivity index (χ0) is 23.3. The second kappa shape index (κ2) is 9.68. The molecule has 2 unspecified atom stereocenters. The van der Waals surface area contributed by atoms with Crippen LogP contribution in [0, 0.1) is 0 Å². The predicted octanol–water partition coefficient (Wildman–Crippen LogP) is 6.13. The van der Waals surface area contributed by atoms with Gasteiger partial charge in [0.1, 0.15) is 12.0 Å². The Kier molecular flexibility index (Phi) is 6.98. The lowest BCUT2D eigenvalue weighted by Crippen LogP contribution is -2.16. The van der Waals surface area contributed by atoms with E-state index in [4.69, 9.17) is 4.74 Å². The van der Waals surface area contributed by atoms with Crippen LogP contribution in [0.25, 0.3) is 11.1 Å². The highest BCUT2D eigenvalue weighted by Gasteiger charge is 2.31. The molecule has 0 aliphatic carbocycles. The van der Waals surface area contributed by atoms with Gasteiger partial charge in [-0.2, -0.15) is 0 Å². The van der Waals surface area contributed by atoms with Crippen molar-refractivity contribution in [1.29, 1.82) is 0 Å². The number of methoxy groups -OCH3 is 1. The third-order valence-corrected chi connectivity index (χ3v) is 5.24. The summed E-state index contributed by atoms with van der Waals surface area (Å²) in [7, 11) is 1.31. The summed E-state index contributed by atoms with van der Waals surface area (Å²) in [5.74, 6) is -1.36. The quantitative estimate of drug-likeness (QED) is 0.327. The van der Waals surface area contributed by atoms with Crippen LogP contribution in [0.5, 0.6) is 5.75 Å². The predicted molar refractivity (Wildman–Crippen MR) is 114 cm³/mol. The molecule has 32 heavy (non-hydrogen) atoms. The van der Waals surface area contributed by atoms with Crippen LogP contribution in [0.1, 0.15) is 40.2 Å². The minimum absolute atomic E-state index is 0.169. The molecule has 0 aliphatic rings. The fourth-order valence-electron chi connectivity index (χ4n) is 3.51. The number of halogens is 3. The highest BCUT2D eigenvalue weighted by Crippen LogP contribution is 2.34. The Balaban J connectivity index is 1.83. The van der Waals surface area contributed by atoms with Gasteiger partial charge in [0.15, 0.2) is 0 Å². The van der Waals surface area contributed by atoms with E-state index in [1.807, 2.05) is 25.1 Å². The molecule has 0 aromatic heterocycles. The van der Waals surface area contributed by atoms with Gasteiger partial charge >= 0.3 is 12.3 Å². The van der Waals surface area contributed by atoms with Gasteiger partial charge in [0.25, 0.3) is 0 Å². The Hall–Kier alpha value is -3.61. The molecule has 3 aromatic rings. The maximum Gasteiger partial charge on any atom is 0.573 e. The van der Waals surface area contributed by atoms with E-state index in [-0.39, 0.29) is 11.7 Å². The SMILES string of the molecule is COC(=O)c1ccc(C(C)C(C=O)c2cccc(-c3ccc(OC(F)(F)F)cc3)c2)cc1. The summed E-state index contributed by atoms with van der Waals surface area (Å²) in [4.78, 5) is 23.6. The average molecular weight is 442 g/mol. The van der Waals surface area contributed by atoms with Crippen molar-refractivity contribution in [2.24, 2.45) is 0 Å². The number of esters is 1. The Labute approximate surface area is 183 Å². The molecule has 0 N–H and O–H groups in total. The fourth-order valence-corrected chi connectivity index (χ4v) is 3.51. The molecule has 166 valence electrons. The van der Waals surface area contributed by atoms with Crippen LogP contribution in [-0.2, 0) is 9.53 Å². The molecular formula is C25H21F3O4. The molecule has 0 aliphatic heterocycles. The minimum atomic E-state index is -4.75. The van der Waals surface area contributed by atoms with E-state index in [1.165, 1.54) is 31.4 Å². The first-order valence-corrected chi connectivity index (χ1v) is 9.81. The number of carbonyl (C=O) groups excluding carboxylic acids is 2. The minimum Gasteiger partial charge on any atom is -0.465 e. The molecule has 0 saturated heterocycles. The first-order chi connectivity index (χ1) is 15.2. The summed E-state index contributed by atoms with van der Waals surface area (Å²) in [6.07, 6.45) is -3.87. The maximum atomic E-state index is 12.4. The molecule has 4 nitrogen and oxygen atoms in total. The largest absolute Gasteiger partial charge is 0.573 e. The number of ether oxygens (including phenoxy) is 2. The van der Waals surface area contributed by atoms with E-state index in [0.29, 0.717) is 11.1 Å². The average Bonchev–Trinajstić information content (AvgIpc) is 2.79. The van der Waals surface area contributed by atoms with Crippen molar-refractivity contribution in [1.82, 2.24) is 0 Å². The summed E-state index contributed by atoms with van der Waals surface area (Å²) < 4.78 is 45.7. The van der Waals surface area contributed by atoms with Crippen molar-refractivity contribution >= 4 is 12.3 Å². The van der Waals surface area contributed by atoms with Gasteiger partial charge in [-0.15, -0.1) is 13.2 Å². The standard InChI is InChI=1S/C25H21F3O4/c1-16(17-6-8-19(9-7-17)24(30)31-2)23(15-29)21-5-3-4-20(14-21)18-10-12-22(13-11-18)32-25(26,27)28/h3-16,23H,1-2H3. The Bertz CT molecular complexity index is 1070. The summed E-state index contributed by atoms with van der Waals surface area (Å²) in [6, 6.07) is 19.7. The maximum absolute atomic E-state index is 12.4. The molecule has 0 bridgehead atoms. The van der Waals surface area contributed by atoms with Gasteiger partial charge in [-0.1, -0.05) is 55.5 Å². The van der Waals surface area contributed by atoms with Crippen LogP contribution in [0.2, 0.25) is 0 Å². The molecule has 0 saturated carbocycles. The van der Waals surface area contributed by atoms with Crippen molar-refractivity contribution < 1.29 is 32.2 Å². The van der Waals surface area contributed by atoms with Crippen LogP contribution < -0.4 is 4.74 Å². The van der Waals surface area contributed by atoms with Gasteiger partial charge in [-0.25, -0.2) is 4.79 Å². The third kappa shape index (κ3) is 5.55. The summed E-state index contributed by atoms with van der Waals surface area (Å²) >= 11 is 0. The molecule has 3 rings (SSSR count). The number of aldehydes is 1. The van der Waals surface area contributed by atoms with Crippen LogP contribution >= 0.6 is 0 Å². The van der Waals surface area contributed by atoms with E-state index in [0.717, 1.165) is 23.0 Å². The number of alkyl halides is 3. The molecule has 0 amide bonds. The lowest BCUT2D eigenvalue weighted by Gasteiger charge is -2.20. The fraction of sp³-hybridized carbons (Fsp3) is 0.200. The van der Waals surface area contributed by atoms with Gasteiger partial charge < -0.3 is 14.3 Å². The normalized spacial score (nSPS) is 13.2. The van der Waals surface area contributed by atoms with E-state index in [1.54, 1.807) is 30.3 Å². The topological polar surface area (TPSA) is 52.6 Å². The monoisotopic (exact) mass is 442 g/mol. The lowest BCUT2D eigenvalue weighted by atomic mass is 9.82. The van der Waals surface area contributed by atoms with Gasteiger partial charge in [0.05, 0.1) is 12.7 Å². The summed E-state index contributed by atoms with van der Waals surface area (Å²) in [6.45, 7) is 1.92. The number of carbonyl (C=O) groups is 2. The Morgan fingerprint density at radius 3 is 2.12 bits per heavy atom. The Morgan fingerprint density at radius 2 is 1.56 bits per heavy atom.